The minimum atomic E-state index is -0.641. The largest absolute Gasteiger partial charge is 0.324 e. The van der Waals surface area contributed by atoms with Crippen LogP contribution in [0.2, 0.25) is 5.02 Å². The van der Waals surface area contributed by atoms with Crippen LogP contribution in [0.15, 0.2) is 24.8 Å². The molecule has 1 rings (SSSR count). The van der Waals surface area contributed by atoms with Crippen molar-refractivity contribution in [3.05, 3.63) is 47.0 Å². The maximum atomic E-state index is 13.4. The van der Waals surface area contributed by atoms with E-state index in [2.05, 4.69) is 6.58 Å². The van der Waals surface area contributed by atoms with E-state index >= 15 is 0 Å². The fourth-order valence-electron chi connectivity index (χ4n) is 1.46. The lowest BCUT2D eigenvalue weighted by atomic mass is 10.0. The lowest BCUT2D eigenvalue weighted by molar-refractivity contribution is 0.540. The average Bonchev–Trinajstić information content (AvgIpc) is 2.23. The second-order valence-electron chi connectivity index (χ2n) is 3.61. The Labute approximate surface area is 98.9 Å². The van der Waals surface area contributed by atoms with E-state index in [1.807, 2.05) is 0 Å². The van der Waals surface area contributed by atoms with Crippen molar-refractivity contribution < 1.29 is 8.78 Å². The second-order valence-corrected chi connectivity index (χ2v) is 4.02. The molecule has 0 fully saturated rings. The molecule has 0 spiro atoms. The monoisotopic (exact) mass is 245 g/mol. The second kappa shape index (κ2) is 5.97. The van der Waals surface area contributed by atoms with E-state index in [0.29, 0.717) is 6.42 Å². The summed E-state index contributed by atoms with van der Waals surface area (Å²) in [6.07, 6.45) is 3.97. The summed E-state index contributed by atoms with van der Waals surface area (Å²) in [5.41, 5.74) is 5.94. The predicted octanol–water partition coefficient (Wildman–Crippen LogP) is 3.97. The minimum absolute atomic E-state index is 0.172. The molecule has 0 aliphatic rings. The normalized spacial score (nSPS) is 12.5. The molecule has 1 atom stereocenters. The van der Waals surface area contributed by atoms with Gasteiger partial charge in [0.25, 0.3) is 0 Å². The van der Waals surface area contributed by atoms with Crippen molar-refractivity contribution in [2.45, 2.75) is 25.3 Å². The van der Waals surface area contributed by atoms with Crippen LogP contribution in [0.3, 0.4) is 0 Å². The summed E-state index contributed by atoms with van der Waals surface area (Å²) in [4.78, 5) is 0. The number of rotatable bonds is 5. The van der Waals surface area contributed by atoms with Crippen LogP contribution in [0.25, 0.3) is 0 Å². The fourth-order valence-corrected chi connectivity index (χ4v) is 1.61. The topological polar surface area (TPSA) is 26.0 Å². The van der Waals surface area contributed by atoms with Gasteiger partial charge in [0.1, 0.15) is 11.6 Å². The smallest absolute Gasteiger partial charge is 0.142 e. The van der Waals surface area contributed by atoms with Crippen LogP contribution in [0.1, 0.15) is 30.9 Å². The molecule has 0 radical (unpaired) electrons. The van der Waals surface area contributed by atoms with Gasteiger partial charge in [-0.25, -0.2) is 8.78 Å². The maximum absolute atomic E-state index is 13.4. The molecule has 2 N–H and O–H groups in total. The molecular weight excluding hydrogens is 232 g/mol. The van der Waals surface area contributed by atoms with E-state index < -0.39 is 17.7 Å². The molecule has 0 bridgehead atoms. The predicted molar refractivity (Wildman–Crippen MR) is 62.3 cm³/mol. The zero-order chi connectivity index (χ0) is 12.1. The van der Waals surface area contributed by atoms with E-state index in [9.17, 15) is 8.78 Å². The first-order chi connectivity index (χ1) is 7.56. The van der Waals surface area contributed by atoms with Gasteiger partial charge in [0.05, 0.1) is 5.02 Å². The van der Waals surface area contributed by atoms with Crippen LogP contribution in [-0.4, -0.2) is 0 Å². The molecule has 0 saturated heterocycles. The van der Waals surface area contributed by atoms with Crippen LogP contribution >= 0.6 is 11.6 Å². The van der Waals surface area contributed by atoms with Gasteiger partial charge in [-0.2, -0.15) is 0 Å². The van der Waals surface area contributed by atoms with Gasteiger partial charge in [-0.1, -0.05) is 17.7 Å². The first-order valence-electron chi connectivity index (χ1n) is 5.07. The Balaban J connectivity index is 2.78. The van der Waals surface area contributed by atoms with Crippen LogP contribution in [0, 0.1) is 11.6 Å². The molecule has 0 aliphatic carbocycles. The van der Waals surface area contributed by atoms with Crippen LogP contribution in [0.5, 0.6) is 0 Å². The number of halogens is 3. The van der Waals surface area contributed by atoms with Gasteiger partial charge in [-0.05, 0) is 31.4 Å². The summed E-state index contributed by atoms with van der Waals surface area (Å²) < 4.78 is 26.6. The highest BCUT2D eigenvalue weighted by molar-refractivity contribution is 6.30. The van der Waals surface area contributed by atoms with Crippen molar-refractivity contribution in [1.29, 1.82) is 0 Å². The van der Waals surface area contributed by atoms with Crippen LogP contribution in [-0.2, 0) is 0 Å². The number of allylic oxidation sites excluding steroid dienone is 1. The molecule has 4 heteroatoms. The van der Waals surface area contributed by atoms with Crippen LogP contribution < -0.4 is 5.73 Å². The summed E-state index contributed by atoms with van der Waals surface area (Å²) >= 11 is 5.45. The first-order valence-corrected chi connectivity index (χ1v) is 5.45. The highest BCUT2D eigenvalue weighted by atomic mass is 35.5. The van der Waals surface area contributed by atoms with Crippen molar-refractivity contribution >= 4 is 11.6 Å². The third kappa shape index (κ3) is 3.29. The van der Waals surface area contributed by atoms with Gasteiger partial charge < -0.3 is 5.73 Å². The summed E-state index contributed by atoms with van der Waals surface area (Å²) in [6.45, 7) is 3.58. The molecule has 0 aliphatic heterocycles. The van der Waals surface area contributed by atoms with E-state index in [1.165, 1.54) is 0 Å². The molecular formula is C12H14ClF2N. The van der Waals surface area contributed by atoms with Gasteiger partial charge in [-0.15, -0.1) is 6.58 Å². The molecule has 1 aromatic rings. The molecule has 0 heterocycles. The SMILES string of the molecule is C=CCCCC(N)c1cc(F)c(Cl)cc1F. The van der Waals surface area contributed by atoms with Gasteiger partial charge in [-0.3, -0.25) is 0 Å². The number of benzene rings is 1. The minimum Gasteiger partial charge on any atom is -0.324 e. The van der Waals surface area contributed by atoms with E-state index in [4.69, 9.17) is 17.3 Å². The first kappa shape index (κ1) is 13.1. The van der Waals surface area contributed by atoms with Crippen LogP contribution in [0.4, 0.5) is 8.78 Å². The summed E-state index contributed by atoms with van der Waals surface area (Å²) in [5, 5.41) is -0.223. The Hall–Kier alpha value is -0.930. The summed E-state index contributed by atoms with van der Waals surface area (Å²) in [5.74, 6) is -1.20. The Morgan fingerprint density at radius 2 is 2.06 bits per heavy atom. The van der Waals surface area contributed by atoms with E-state index in [-0.39, 0.29) is 10.6 Å². The van der Waals surface area contributed by atoms with Crippen molar-refractivity contribution in [2.24, 2.45) is 5.73 Å². The molecule has 0 amide bonds. The van der Waals surface area contributed by atoms with Gasteiger partial charge >= 0.3 is 0 Å². The van der Waals surface area contributed by atoms with E-state index in [0.717, 1.165) is 25.0 Å². The third-order valence-electron chi connectivity index (χ3n) is 2.36. The van der Waals surface area contributed by atoms with Gasteiger partial charge in [0.15, 0.2) is 0 Å². The Morgan fingerprint density at radius 1 is 1.38 bits per heavy atom. The van der Waals surface area contributed by atoms with Crippen molar-refractivity contribution in [1.82, 2.24) is 0 Å². The van der Waals surface area contributed by atoms with Crippen molar-refractivity contribution in [3.63, 3.8) is 0 Å². The van der Waals surface area contributed by atoms with Gasteiger partial charge in [0.2, 0.25) is 0 Å². The average molecular weight is 246 g/mol. The molecule has 1 unspecified atom stereocenters. The van der Waals surface area contributed by atoms with E-state index in [1.54, 1.807) is 6.08 Å². The summed E-state index contributed by atoms with van der Waals surface area (Å²) in [7, 11) is 0. The summed E-state index contributed by atoms with van der Waals surface area (Å²) in [6, 6.07) is 1.52. The standard InChI is InChI=1S/C12H14ClF2N/c1-2-3-4-5-12(16)8-6-11(15)9(13)7-10(8)14/h2,6-7,12H,1,3-5,16H2. The molecule has 0 saturated carbocycles. The molecule has 88 valence electrons. The Kier molecular flexibility index (Phi) is 4.90. The Bertz CT molecular complexity index is 380. The lowest BCUT2D eigenvalue weighted by Gasteiger charge is -2.13. The molecule has 1 aromatic carbocycles. The third-order valence-corrected chi connectivity index (χ3v) is 2.65. The van der Waals surface area contributed by atoms with Crippen molar-refractivity contribution in [2.75, 3.05) is 0 Å². The molecule has 16 heavy (non-hydrogen) atoms. The van der Waals surface area contributed by atoms with Gasteiger partial charge in [0, 0.05) is 11.6 Å². The highest BCUT2D eigenvalue weighted by Gasteiger charge is 2.14. The lowest BCUT2D eigenvalue weighted by Crippen LogP contribution is -2.12. The zero-order valence-corrected chi connectivity index (χ0v) is 9.61. The number of hydrogen-bond acceptors (Lipinski definition) is 1. The molecule has 0 aromatic heterocycles. The van der Waals surface area contributed by atoms with Crippen molar-refractivity contribution in [3.8, 4) is 0 Å². The highest BCUT2D eigenvalue weighted by Crippen LogP contribution is 2.25. The molecule has 1 nitrogen and oxygen atoms in total. The zero-order valence-electron chi connectivity index (χ0n) is 8.85. The maximum Gasteiger partial charge on any atom is 0.142 e. The number of nitrogens with two attached hydrogens (primary N) is 1. The Morgan fingerprint density at radius 3 is 2.69 bits per heavy atom. The quantitative estimate of drug-likeness (QED) is 0.474. The number of unbranched alkanes of at least 4 members (excludes halogenated alkanes) is 1. The number of hydrogen-bond donors (Lipinski definition) is 1. The fraction of sp³-hybridized carbons (Fsp3) is 0.333.